The molecule has 2 heterocycles. The second-order valence-electron chi connectivity index (χ2n) is 4.78. The summed E-state index contributed by atoms with van der Waals surface area (Å²) in [6.45, 7) is 1.92. The van der Waals surface area contributed by atoms with Crippen LogP contribution >= 0.6 is 0 Å². The predicted molar refractivity (Wildman–Crippen MR) is 72.8 cm³/mol. The zero-order chi connectivity index (χ0) is 12.5. The summed E-state index contributed by atoms with van der Waals surface area (Å²) in [7, 11) is 1.77. The highest BCUT2D eigenvalue weighted by Gasteiger charge is 2.21. The average Bonchev–Trinajstić information content (AvgIpc) is 2.81. The van der Waals surface area contributed by atoms with Crippen molar-refractivity contribution < 1.29 is 4.74 Å². The van der Waals surface area contributed by atoms with E-state index in [9.17, 15) is 0 Å². The molecule has 5 nitrogen and oxygen atoms in total. The Bertz CT molecular complexity index is 551. The number of H-pyrrole nitrogens is 1. The van der Waals surface area contributed by atoms with Gasteiger partial charge in [0.15, 0.2) is 0 Å². The predicted octanol–water partition coefficient (Wildman–Crippen LogP) is 1.76. The highest BCUT2D eigenvalue weighted by atomic mass is 16.5. The third kappa shape index (κ3) is 2.01. The Morgan fingerprint density at radius 1 is 1.50 bits per heavy atom. The first-order valence-electron chi connectivity index (χ1n) is 6.29. The molecule has 1 atom stereocenters. The van der Waals surface area contributed by atoms with E-state index in [0.717, 1.165) is 48.6 Å². The molecule has 1 aromatic carbocycles. The zero-order valence-electron chi connectivity index (χ0n) is 10.5. The highest BCUT2D eigenvalue weighted by Crippen LogP contribution is 2.22. The summed E-state index contributed by atoms with van der Waals surface area (Å²) in [6.07, 6.45) is 2.56. The van der Waals surface area contributed by atoms with Gasteiger partial charge in [0.1, 0.15) is 0 Å². The average molecular weight is 246 g/mol. The number of nitrogens with zero attached hydrogens (tertiary/aromatic N) is 2. The zero-order valence-corrected chi connectivity index (χ0v) is 10.5. The maximum absolute atomic E-state index is 5.77. The Morgan fingerprint density at radius 2 is 2.39 bits per heavy atom. The third-order valence-corrected chi connectivity index (χ3v) is 3.50. The lowest BCUT2D eigenvalue weighted by Crippen LogP contribution is -2.39. The number of nitrogens with two attached hydrogens (primary N) is 1. The number of benzene rings is 1. The van der Waals surface area contributed by atoms with E-state index in [4.69, 9.17) is 10.5 Å². The van der Waals surface area contributed by atoms with E-state index in [1.807, 2.05) is 18.2 Å². The van der Waals surface area contributed by atoms with Crippen LogP contribution in [0.2, 0.25) is 0 Å². The molecule has 96 valence electrons. The maximum atomic E-state index is 5.77. The SMILES string of the molecule is COC1CCCN(c2nc3ccc(N)cc3[nH]2)C1. The van der Waals surface area contributed by atoms with Crippen molar-refractivity contribution in [3.8, 4) is 0 Å². The summed E-state index contributed by atoms with van der Waals surface area (Å²) in [5, 5.41) is 0. The van der Waals surface area contributed by atoms with Gasteiger partial charge in [-0.2, -0.15) is 0 Å². The van der Waals surface area contributed by atoms with Crippen molar-refractivity contribution in [1.29, 1.82) is 0 Å². The Balaban J connectivity index is 1.89. The summed E-state index contributed by atoms with van der Waals surface area (Å²) in [5.74, 6) is 0.914. The molecular weight excluding hydrogens is 228 g/mol. The summed E-state index contributed by atoms with van der Waals surface area (Å²) < 4.78 is 5.43. The van der Waals surface area contributed by atoms with Crippen LogP contribution in [0.5, 0.6) is 0 Å². The maximum Gasteiger partial charge on any atom is 0.203 e. The van der Waals surface area contributed by atoms with Crippen molar-refractivity contribution in [1.82, 2.24) is 9.97 Å². The number of nitrogens with one attached hydrogen (secondary N) is 1. The highest BCUT2D eigenvalue weighted by molar-refractivity contribution is 5.80. The fraction of sp³-hybridized carbons (Fsp3) is 0.462. The second kappa shape index (κ2) is 4.49. The molecule has 0 saturated carbocycles. The Kier molecular flexibility index (Phi) is 2.83. The van der Waals surface area contributed by atoms with Crippen LogP contribution in [-0.4, -0.2) is 36.3 Å². The molecule has 0 radical (unpaired) electrons. The van der Waals surface area contributed by atoms with Gasteiger partial charge in [-0.1, -0.05) is 0 Å². The Labute approximate surface area is 106 Å². The van der Waals surface area contributed by atoms with Crippen LogP contribution < -0.4 is 10.6 Å². The van der Waals surface area contributed by atoms with E-state index in [1.165, 1.54) is 0 Å². The molecule has 18 heavy (non-hydrogen) atoms. The van der Waals surface area contributed by atoms with Gasteiger partial charge in [-0.25, -0.2) is 4.98 Å². The van der Waals surface area contributed by atoms with Crippen molar-refractivity contribution in [2.75, 3.05) is 30.8 Å². The topological polar surface area (TPSA) is 67.2 Å². The van der Waals surface area contributed by atoms with E-state index < -0.39 is 0 Å². The van der Waals surface area contributed by atoms with Gasteiger partial charge in [0.25, 0.3) is 0 Å². The number of ether oxygens (including phenoxy) is 1. The number of nitrogen functional groups attached to an aromatic ring is 1. The molecule has 1 saturated heterocycles. The van der Waals surface area contributed by atoms with Crippen LogP contribution in [0.15, 0.2) is 18.2 Å². The van der Waals surface area contributed by atoms with Gasteiger partial charge in [0.05, 0.1) is 17.1 Å². The number of anilines is 2. The van der Waals surface area contributed by atoms with Gasteiger partial charge < -0.3 is 20.4 Å². The number of piperidine rings is 1. The van der Waals surface area contributed by atoms with E-state index in [2.05, 4.69) is 14.9 Å². The van der Waals surface area contributed by atoms with Crippen molar-refractivity contribution in [2.24, 2.45) is 0 Å². The van der Waals surface area contributed by atoms with Crippen molar-refractivity contribution >= 4 is 22.7 Å². The summed E-state index contributed by atoms with van der Waals surface area (Å²) in [6, 6.07) is 5.74. The largest absolute Gasteiger partial charge is 0.399 e. The van der Waals surface area contributed by atoms with E-state index in [1.54, 1.807) is 7.11 Å². The minimum absolute atomic E-state index is 0.303. The van der Waals surface area contributed by atoms with Gasteiger partial charge >= 0.3 is 0 Å². The monoisotopic (exact) mass is 246 g/mol. The standard InChI is InChI=1S/C13H18N4O/c1-18-10-3-2-6-17(8-10)13-15-11-5-4-9(14)7-12(11)16-13/h4-5,7,10H,2-3,6,8,14H2,1H3,(H,15,16). The molecule has 3 N–H and O–H groups in total. The summed E-state index contributed by atoms with van der Waals surface area (Å²) in [4.78, 5) is 10.2. The molecule has 2 aromatic rings. The van der Waals surface area contributed by atoms with E-state index in [-0.39, 0.29) is 0 Å². The summed E-state index contributed by atoms with van der Waals surface area (Å²) in [5.41, 5.74) is 8.48. The molecular formula is C13H18N4O. The van der Waals surface area contributed by atoms with Crippen molar-refractivity contribution in [3.05, 3.63) is 18.2 Å². The molecule has 3 rings (SSSR count). The molecule has 1 aliphatic heterocycles. The first-order chi connectivity index (χ1) is 8.76. The molecule has 0 bridgehead atoms. The lowest BCUT2D eigenvalue weighted by atomic mass is 10.1. The van der Waals surface area contributed by atoms with Gasteiger partial charge in [-0.3, -0.25) is 0 Å². The molecule has 0 amide bonds. The molecule has 1 unspecified atom stereocenters. The van der Waals surface area contributed by atoms with Crippen molar-refractivity contribution in [2.45, 2.75) is 18.9 Å². The number of methoxy groups -OCH3 is 1. The fourth-order valence-corrected chi connectivity index (χ4v) is 2.49. The number of hydrogen-bond donors (Lipinski definition) is 2. The van der Waals surface area contributed by atoms with Gasteiger partial charge in [-0.05, 0) is 31.0 Å². The number of hydrogen-bond acceptors (Lipinski definition) is 4. The fourth-order valence-electron chi connectivity index (χ4n) is 2.49. The van der Waals surface area contributed by atoms with Gasteiger partial charge in [0.2, 0.25) is 5.95 Å². The van der Waals surface area contributed by atoms with Crippen LogP contribution in [0.4, 0.5) is 11.6 Å². The summed E-state index contributed by atoms with van der Waals surface area (Å²) >= 11 is 0. The van der Waals surface area contributed by atoms with Crippen LogP contribution in [0.1, 0.15) is 12.8 Å². The van der Waals surface area contributed by atoms with E-state index >= 15 is 0 Å². The lowest BCUT2D eigenvalue weighted by molar-refractivity contribution is 0.0890. The molecule has 1 aromatic heterocycles. The smallest absolute Gasteiger partial charge is 0.203 e. The minimum Gasteiger partial charge on any atom is -0.399 e. The molecule has 0 spiro atoms. The molecule has 1 aliphatic rings. The Morgan fingerprint density at radius 3 is 3.22 bits per heavy atom. The number of aromatic amines is 1. The van der Waals surface area contributed by atoms with Gasteiger partial charge in [0, 0.05) is 25.9 Å². The number of rotatable bonds is 2. The second-order valence-corrected chi connectivity index (χ2v) is 4.78. The number of fused-ring (bicyclic) bond motifs is 1. The minimum atomic E-state index is 0.303. The molecule has 1 fully saturated rings. The number of aromatic nitrogens is 2. The van der Waals surface area contributed by atoms with Crippen molar-refractivity contribution in [3.63, 3.8) is 0 Å². The third-order valence-electron chi connectivity index (χ3n) is 3.50. The first-order valence-corrected chi connectivity index (χ1v) is 6.29. The molecule has 5 heteroatoms. The molecule has 0 aliphatic carbocycles. The normalized spacial score (nSPS) is 20.5. The number of imidazole rings is 1. The lowest BCUT2D eigenvalue weighted by Gasteiger charge is -2.31. The first kappa shape index (κ1) is 11.3. The van der Waals surface area contributed by atoms with Crippen LogP contribution in [0, 0.1) is 0 Å². The van der Waals surface area contributed by atoms with Crippen LogP contribution in [0.3, 0.4) is 0 Å². The van der Waals surface area contributed by atoms with Crippen LogP contribution in [0.25, 0.3) is 11.0 Å². The van der Waals surface area contributed by atoms with Crippen LogP contribution in [-0.2, 0) is 4.74 Å². The Hall–Kier alpha value is -1.75. The van der Waals surface area contributed by atoms with Gasteiger partial charge in [-0.15, -0.1) is 0 Å². The van der Waals surface area contributed by atoms with E-state index in [0.29, 0.717) is 6.10 Å². The quantitative estimate of drug-likeness (QED) is 0.792.